The summed E-state index contributed by atoms with van der Waals surface area (Å²) in [4.78, 5) is 41.3. The van der Waals surface area contributed by atoms with Gasteiger partial charge in [-0.1, -0.05) is 17.7 Å². The number of urea groups is 1. The predicted octanol–water partition coefficient (Wildman–Crippen LogP) is 3.16. The van der Waals surface area contributed by atoms with Crippen molar-refractivity contribution in [3.05, 3.63) is 58.6 Å². The lowest BCUT2D eigenvalue weighted by Gasteiger charge is -2.38. The monoisotopic (exact) mass is 470 g/mol. The molecule has 0 aliphatic carbocycles. The van der Waals surface area contributed by atoms with Gasteiger partial charge in [-0.25, -0.2) is 4.79 Å². The molecule has 0 bridgehead atoms. The van der Waals surface area contributed by atoms with Crippen molar-refractivity contribution in [3.8, 4) is 5.75 Å². The zero-order valence-electron chi connectivity index (χ0n) is 18.5. The molecule has 2 aliphatic rings. The average molecular weight is 471 g/mol. The van der Waals surface area contributed by atoms with Gasteiger partial charge in [0, 0.05) is 41.9 Å². The second-order valence-electron chi connectivity index (χ2n) is 8.20. The van der Waals surface area contributed by atoms with Crippen LogP contribution in [0.3, 0.4) is 0 Å². The Labute approximate surface area is 197 Å². The number of nitrogens with zero attached hydrogens (tertiary/aromatic N) is 2. The second kappa shape index (κ2) is 10.1. The Hall–Kier alpha value is -3.26. The molecule has 2 aromatic rings. The molecule has 0 radical (unpaired) electrons. The van der Waals surface area contributed by atoms with Crippen molar-refractivity contribution in [1.29, 1.82) is 0 Å². The molecular formula is C24H27ClN4O4. The van der Waals surface area contributed by atoms with Crippen molar-refractivity contribution in [3.63, 3.8) is 0 Å². The van der Waals surface area contributed by atoms with E-state index in [4.69, 9.17) is 16.3 Å². The quantitative estimate of drug-likeness (QED) is 0.702. The summed E-state index contributed by atoms with van der Waals surface area (Å²) in [6.45, 7) is 1.62. The number of carbonyl (C=O) groups excluding carboxylic acids is 3. The van der Waals surface area contributed by atoms with Crippen LogP contribution in [-0.2, 0) is 11.2 Å². The first kappa shape index (κ1) is 22.9. The van der Waals surface area contributed by atoms with Crippen LogP contribution in [0, 0.1) is 0 Å². The number of rotatable bonds is 5. The number of ether oxygens (including phenoxy) is 1. The van der Waals surface area contributed by atoms with Crippen LogP contribution in [0.5, 0.6) is 5.75 Å². The van der Waals surface area contributed by atoms with Gasteiger partial charge in [0.1, 0.15) is 5.75 Å². The maximum absolute atomic E-state index is 12.8. The van der Waals surface area contributed by atoms with Crippen LogP contribution in [0.4, 0.5) is 10.5 Å². The number of fused-ring (bicyclic) bond motifs is 1. The lowest BCUT2D eigenvalue weighted by Crippen LogP contribution is -2.51. The van der Waals surface area contributed by atoms with Crippen LogP contribution in [0.25, 0.3) is 0 Å². The first-order chi connectivity index (χ1) is 15.9. The Morgan fingerprint density at radius 1 is 1.15 bits per heavy atom. The van der Waals surface area contributed by atoms with Crippen LogP contribution in [-0.4, -0.2) is 67.0 Å². The first-order valence-electron chi connectivity index (χ1n) is 11.0. The number of methoxy groups -OCH3 is 1. The highest BCUT2D eigenvalue weighted by Gasteiger charge is 2.31. The van der Waals surface area contributed by atoms with Crippen molar-refractivity contribution in [2.45, 2.75) is 25.3 Å². The van der Waals surface area contributed by atoms with Gasteiger partial charge >= 0.3 is 6.03 Å². The number of anilines is 1. The maximum atomic E-state index is 12.8. The largest absolute Gasteiger partial charge is 0.497 e. The molecule has 0 unspecified atom stereocenters. The van der Waals surface area contributed by atoms with E-state index in [9.17, 15) is 14.4 Å². The molecule has 2 aliphatic heterocycles. The lowest BCUT2D eigenvalue weighted by atomic mass is 10.0. The molecule has 0 saturated carbocycles. The number of hydrogen-bond acceptors (Lipinski definition) is 4. The topological polar surface area (TPSA) is 91.0 Å². The van der Waals surface area contributed by atoms with E-state index in [-0.39, 0.29) is 30.4 Å². The van der Waals surface area contributed by atoms with Gasteiger partial charge in [0.2, 0.25) is 5.91 Å². The van der Waals surface area contributed by atoms with Crippen LogP contribution < -0.4 is 15.4 Å². The number of piperidine rings is 1. The van der Waals surface area contributed by atoms with E-state index in [2.05, 4.69) is 10.6 Å². The van der Waals surface area contributed by atoms with Crippen molar-refractivity contribution in [1.82, 2.24) is 15.1 Å². The molecule has 174 valence electrons. The molecule has 33 heavy (non-hydrogen) atoms. The number of benzene rings is 2. The van der Waals surface area contributed by atoms with Crippen molar-refractivity contribution < 1.29 is 19.1 Å². The second-order valence-corrected chi connectivity index (χ2v) is 8.64. The van der Waals surface area contributed by atoms with Gasteiger partial charge in [0.05, 0.1) is 13.7 Å². The molecule has 4 amide bonds. The Kier molecular flexibility index (Phi) is 7.03. The Bertz CT molecular complexity index is 1050. The summed E-state index contributed by atoms with van der Waals surface area (Å²) in [5, 5.41) is 6.13. The zero-order chi connectivity index (χ0) is 23.4. The molecule has 2 heterocycles. The molecule has 0 atom stereocenters. The summed E-state index contributed by atoms with van der Waals surface area (Å²) < 4.78 is 5.29. The number of likely N-dealkylation sites (tertiary alicyclic amines) is 1. The normalized spacial score (nSPS) is 16.5. The molecule has 2 N–H and O–H groups in total. The molecule has 1 fully saturated rings. The third-order valence-electron chi connectivity index (χ3n) is 6.18. The van der Waals surface area contributed by atoms with Crippen LogP contribution in [0.1, 0.15) is 28.8 Å². The van der Waals surface area contributed by atoms with Gasteiger partial charge in [-0.05, 0) is 61.2 Å². The summed E-state index contributed by atoms with van der Waals surface area (Å²) in [6.07, 6.45) is 2.13. The summed E-state index contributed by atoms with van der Waals surface area (Å²) >= 11 is 5.92. The van der Waals surface area contributed by atoms with Crippen LogP contribution in [0.15, 0.2) is 42.5 Å². The van der Waals surface area contributed by atoms with E-state index in [1.165, 1.54) is 0 Å². The van der Waals surface area contributed by atoms with Crippen molar-refractivity contribution in [2.24, 2.45) is 0 Å². The number of halogens is 1. The molecular weight excluding hydrogens is 444 g/mol. The van der Waals surface area contributed by atoms with E-state index in [0.29, 0.717) is 43.1 Å². The minimum Gasteiger partial charge on any atom is -0.497 e. The third-order valence-corrected chi connectivity index (χ3v) is 6.42. The fourth-order valence-electron chi connectivity index (χ4n) is 4.33. The van der Waals surface area contributed by atoms with Gasteiger partial charge in [-0.15, -0.1) is 0 Å². The van der Waals surface area contributed by atoms with E-state index in [0.717, 1.165) is 23.4 Å². The predicted molar refractivity (Wildman–Crippen MR) is 126 cm³/mol. The first-order valence-corrected chi connectivity index (χ1v) is 11.4. The van der Waals surface area contributed by atoms with Gasteiger partial charge in [-0.3, -0.25) is 9.59 Å². The van der Waals surface area contributed by atoms with E-state index in [1.807, 2.05) is 23.1 Å². The van der Waals surface area contributed by atoms with Gasteiger partial charge in [-0.2, -0.15) is 0 Å². The van der Waals surface area contributed by atoms with Gasteiger partial charge < -0.3 is 25.2 Å². The molecule has 9 heteroatoms. The average Bonchev–Trinajstić information content (AvgIpc) is 3.00. The van der Waals surface area contributed by atoms with Gasteiger partial charge in [0.15, 0.2) is 0 Å². The molecule has 0 aromatic heterocycles. The smallest absolute Gasteiger partial charge is 0.322 e. The van der Waals surface area contributed by atoms with Crippen LogP contribution in [0.2, 0.25) is 5.02 Å². The molecule has 8 nitrogen and oxygen atoms in total. The number of nitrogens with one attached hydrogen (secondary N) is 2. The van der Waals surface area contributed by atoms with E-state index >= 15 is 0 Å². The highest BCUT2D eigenvalue weighted by Crippen LogP contribution is 2.27. The van der Waals surface area contributed by atoms with Crippen molar-refractivity contribution in [2.75, 3.05) is 38.6 Å². The fourth-order valence-corrected chi connectivity index (χ4v) is 4.52. The number of amides is 4. The minimum atomic E-state index is -0.335. The molecule has 2 aromatic carbocycles. The Balaban J connectivity index is 1.28. The highest BCUT2D eigenvalue weighted by molar-refractivity contribution is 6.31. The zero-order valence-corrected chi connectivity index (χ0v) is 19.2. The van der Waals surface area contributed by atoms with Crippen LogP contribution >= 0.6 is 11.6 Å². The SMILES string of the molecule is COc1ccc2c(c1)CCN(C1CCN(C(=O)CNC(=O)c3cccc(Cl)c3)CC1)C(=O)N2. The standard InChI is InChI=1S/C24H27ClN4O4/c1-33-20-5-6-21-16(14-20)7-12-29(24(32)27-21)19-8-10-28(11-9-19)22(30)15-26-23(31)17-3-2-4-18(25)13-17/h2-6,13-14,19H,7-12,15H2,1H3,(H,26,31)(H,27,32). The molecule has 4 rings (SSSR count). The molecule has 0 spiro atoms. The molecule has 1 saturated heterocycles. The summed E-state index contributed by atoms with van der Waals surface area (Å²) in [6, 6.07) is 12.2. The van der Waals surface area contributed by atoms with E-state index in [1.54, 1.807) is 36.3 Å². The highest BCUT2D eigenvalue weighted by atomic mass is 35.5. The third kappa shape index (κ3) is 5.39. The summed E-state index contributed by atoms with van der Waals surface area (Å²) in [5.74, 6) is 0.299. The number of hydrogen-bond donors (Lipinski definition) is 2. The fraction of sp³-hybridized carbons (Fsp3) is 0.375. The van der Waals surface area contributed by atoms with Crippen molar-refractivity contribution >= 4 is 35.1 Å². The Morgan fingerprint density at radius 3 is 2.67 bits per heavy atom. The number of carbonyl (C=O) groups is 3. The minimum absolute atomic E-state index is 0.0614. The van der Waals surface area contributed by atoms with E-state index < -0.39 is 0 Å². The summed E-state index contributed by atoms with van der Waals surface area (Å²) in [7, 11) is 1.63. The lowest BCUT2D eigenvalue weighted by molar-refractivity contribution is -0.131. The van der Waals surface area contributed by atoms with Gasteiger partial charge in [0.25, 0.3) is 5.91 Å². The Morgan fingerprint density at radius 2 is 1.94 bits per heavy atom. The maximum Gasteiger partial charge on any atom is 0.322 e. The summed E-state index contributed by atoms with van der Waals surface area (Å²) in [5.41, 5.74) is 2.28.